The lowest BCUT2D eigenvalue weighted by molar-refractivity contribution is 0.602. The standard InChI is InChI=1S/C21H16FN3O2S/c1-28(26,27)19-8-2-16(3-9-19)21-24-14-20(15-10-12-23-13-11-15)25(21)18-6-4-17(22)5-7-18/h2-14H,1H3. The van der Waals surface area contributed by atoms with Crippen LogP contribution >= 0.6 is 0 Å². The molecule has 0 amide bonds. The Kier molecular flexibility index (Phi) is 4.52. The van der Waals surface area contributed by atoms with Crippen LogP contribution in [-0.4, -0.2) is 29.2 Å². The maximum Gasteiger partial charge on any atom is 0.175 e. The lowest BCUT2D eigenvalue weighted by atomic mass is 10.1. The molecule has 0 spiro atoms. The van der Waals surface area contributed by atoms with E-state index in [2.05, 4.69) is 9.97 Å². The summed E-state index contributed by atoms with van der Waals surface area (Å²) in [5.74, 6) is 0.298. The summed E-state index contributed by atoms with van der Waals surface area (Å²) in [6.45, 7) is 0. The minimum Gasteiger partial charge on any atom is -0.292 e. The Morgan fingerprint density at radius 2 is 1.50 bits per heavy atom. The molecule has 0 saturated carbocycles. The van der Waals surface area contributed by atoms with E-state index in [1.807, 2.05) is 16.7 Å². The number of benzene rings is 2. The van der Waals surface area contributed by atoms with Crippen LogP contribution in [0.5, 0.6) is 0 Å². The maximum absolute atomic E-state index is 13.4. The fourth-order valence-corrected chi connectivity index (χ4v) is 3.61. The number of sulfone groups is 1. The number of pyridine rings is 1. The van der Waals surface area contributed by atoms with Crippen LogP contribution in [0.3, 0.4) is 0 Å². The minimum absolute atomic E-state index is 0.241. The van der Waals surface area contributed by atoms with Crippen molar-refractivity contribution in [3.05, 3.63) is 85.1 Å². The summed E-state index contributed by atoms with van der Waals surface area (Å²) in [6.07, 6.45) is 6.29. The molecular formula is C21H16FN3O2S. The molecule has 0 atom stereocenters. The summed E-state index contributed by atoms with van der Waals surface area (Å²) in [5.41, 5.74) is 3.21. The Morgan fingerprint density at radius 1 is 0.857 bits per heavy atom. The molecule has 0 aliphatic carbocycles. The van der Waals surface area contributed by atoms with Gasteiger partial charge in [-0.05, 0) is 60.7 Å². The van der Waals surface area contributed by atoms with Gasteiger partial charge in [0.1, 0.15) is 11.6 Å². The third-order valence-electron chi connectivity index (χ3n) is 4.36. The largest absolute Gasteiger partial charge is 0.292 e. The van der Waals surface area contributed by atoms with Gasteiger partial charge in [-0.1, -0.05) is 0 Å². The molecule has 28 heavy (non-hydrogen) atoms. The molecule has 4 rings (SSSR count). The Balaban J connectivity index is 1.91. The quantitative estimate of drug-likeness (QED) is 0.523. The molecule has 0 fully saturated rings. The van der Waals surface area contributed by atoms with Crippen LogP contribution < -0.4 is 0 Å². The summed E-state index contributed by atoms with van der Waals surface area (Å²) < 4.78 is 38.8. The smallest absolute Gasteiger partial charge is 0.175 e. The first-order chi connectivity index (χ1) is 13.4. The first-order valence-corrected chi connectivity index (χ1v) is 10.4. The highest BCUT2D eigenvalue weighted by Gasteiger charge is 2.16. The van der Waals surface area contributed by atoms with Crippen LogP contribution in [0.25, 0.3) is 28.3 Å². The van der Waals surface area contributed by atoms with Crippen molar-refractivity contribution in [2.45, 2.75) is 4.90 Å². The van der Waals surface area contributed by atoms with Crippen LogP contribution in [-0.2, 0) is 9.84 Å². The van der Waals surface area contributed by atoms with E-state index in [4.69, 9.17) is 0 Å². The third kappa shape index (κ3) is 3.44. The molecule has 4 aromatic rings. The highest BCUT2D eigenvalue weighted by atomic mass is 32.2. The molecule has 0 aliphatic rings. The van der Waals surface area contributed by atoms with Gasteiger partial charge in [-0.25, -0.2) is 17.8 Å². The highest BCUT2D eigenvalue weighted by molar-refractivity contribution is 7.90. The van der Waals surface area contributed by atoms with Gasteiger partial charge in [0.25, 0.3) is 0 Å². The number of hydrogen-bond donors (Lipinski definition) is 0. The Bertz CT molecular complexity index is 1220. The lowest BCUT2D eigenvalue weighted by Gasteiger charge is -2.13. The predicted octanol–water partition coefficient (Wildman–Crippen LogP) is 4.14. The molecule has 0 unspecified atom stereocenters. The van der Waals surface area contributed by atoms with Crippen LogP contribution in [0, 0.1) is 5.82 Å². The monoisotopic (exact) mass is 393 g/mol. The van der Waals surface area contributed by atoms with Gasteiger partial charge in [-0.2, -0.15) is 0 Å². The fraction of sp³-hybridized carbons (Fsp3) is 0.0476. The van der Waals surface area contributed by atoms with Crippen molar-refractivity contribution in [2.24, 2.45) is 0 Å². The van der Waals surface area contributed by atoms with Crippen LogP contribution in [0.2, 0.25) is 0 Å². The maximum atomic E-state index is 13.4. The van der Waals surface area contributed by atoms with Gasteiger partial charge in [0.15, 0.2) is 9.84 Å². The highest BCUT2D eigenvalue weighted by Crippen LogP contribution is 2.30. The van der Waals surface area contributed by atoms with Crippen LogP contribution in [0.1, 0.15) is 0 Å². The normalized spacial score (nSPS) is 11.5. The first kappa shape index (κ1) is 18.1. The minimum atomic E-state index is -3.28. The molecule has 2 heterocycles. The zero-order valence-corrected chi connectivity index (χ0v) is 15.8. The molecule has 0 bridgehead atoms. The zero-order chi connectivity index (χ0) is 19.7. The van der Waals surface area contributed by atoms with E-state index in [1.54, 1.807) is 55.0 Å². The Morgan fingerprint density at radius 3 is 2.11 bits per heavy atom. The van der Waals surface area contributed by atoms with Gasteiger partial charge in [-0.15, -0.1) is 0 Å². The van der Waals surface area contributed by atoms with Crippen LogP contribution in [0.4, 0.5) is 4.39 Å². The number of aromatic nitrogens is 3. The van der Waals surface area contributed by atoms with Gasteiger partial charge in [0.05, 0.1) is 16.8 Å². The first-order valence-electron chi connectivity index (χ1n) is 8.48. The molecule has 0 saturated heterocycles. The van der Waals surface area contributed by atoms with Gasteiger partial charge in [0, 0.05) is 35.5 Å². The number of rotatable bonds is 4. The summed E-state index contributed by atoms with van der Waals surface area (Å²) in [6, 6.07) is 16.4. The van der Waals surface area contributed by atoms with Crippen molar-refractivity contribution < 1.29 is 12.8 Å². The van der Waals surface area contributed by atoms with Gasteiger partial charge < -0.3 is 0 Å². The van der Waals surface area contributed by atoms with Crippen molar-refractivity contribution in [1.29, 1.82) is 0 Å². The van der Waals surface area contributed by atoms with Crippen molar-refractivity contribution >= 4 is 9.84 Å². The number of halogens is 1. The topological polar surface area (TPSA) is 64.8 Å². The Hall–Kier alpha value is -3.32. The summed E-state index contributed by atoms with van der Waals surface area (Å²) in [4.78, 5) is 8.84. The number of hydrogen-bond acceptors (Lipinski definition) is 4. The number of nitrogens with zero attached hydrogens (tertiary/aromatic N) is 3. The molecule has 5 nitrogen and oxygen atoms in total. The molecule has 2 aromatic carbocycles. The van der Waals surface area contributed by atoms with Gasteiger partial charge >= 0.3 is 0 Å². The van der Waals surface area contributed by atoms with E-state index < -0.39 is 9.84 Å². The molecule has 0 N–H and O–H groups in total. The number of imidazole rings is 1. The molecule has 0 radical (unpaired) electrons. The van der Waals surface area contributed by atoms with E-state index in [-0.39, 0.29) is 10.7 Å². The van der Waals surface area contributed by atoms with Crippen molar-refractivity contribution in [3.63, 3.8) is 0 Å². The molecule has 140 valence electrons. The average Bonchev–Trinajstić information content (AvgIpc) is 3.14. The lowest BCUT2D eigenvalue weighted by Crippen LogP contribution is -2.01. The molecule has 0 aliphatic heterocycles. The summed E-state index contributed by atoms with van der Waals surface area (Å²) >= 11 is 0. The van der Waals surface area contributed by atoms with Crippen molar-refractivity contribution in [2.75, 3.05) is 6.26 Å². The van der Waals surface area contributed by atoms with Crippen LogP contribution in [0.15, 0.2) is 84.1 Å². The van der Waals surface area contributed by atoms with Gasteiger partial charge in [-0.3, -0.25) is 9.55 Å². The zero-order valence-electron chi connectivity index (χ0n) is 14.9. The van der Waals surface area contributed by atoms with E-state index in [0.29, 0.717) is 5.82 Å². The molecular weight excluding hydrogens is 377 g/mol. The van der Waals surface area contributed by atoms with Crippen molar-refractivity contribution in [1.82, 2.24) is 14.5 Å². The van der Waals surface area contributed by atoms with Crippen molar-refractivity contribution in [3.8, 4) is 28.3 Å². The van der Waals surface area contributed by atoms with E-state index in [1.165, 1.54) is 18.4 Å². The second-order valence-corrected chi connectivity index (χ2v) is 8.33. The summed E-state index contributed by atoms with van der Waals surface area (Å²) in [5, 5.41) is 0. The van der Waals surface area contributed by atoms with Gasteiger partial charge in [0.2, 0.25) is 0 Å². The van der Waals surface area contributed by atoms with E-state index >= 15 is 0 Å². The van der Waals surface area contributed by atoms with E-state index in [0.717, 1.165) is 22.5 Å². The fourth-order valence-electron chi connectivity index (χ4n) is 2.98. The average molecular weight is 393 g/mol. The second kappa shape index (κ2) is 7.01. The van der Waals surface area contributed by atoms with E-state index in [9.17, 15) is 12.8 Å². The Labute approximate surface area is 162 Å². The second-order valence-electron chi connectivity index (χ2n) is 6.31. The summed E-state index contributed by atoms with van der Waals surface area (Å²) in [7, 11) is -3.28. The molecule has 7 heteroatoms. The molecule has 2 aromatic heterocycles. The SMILES string of the molecule is CS(=O)(=O)c1ccc(-c2ncc(-c3ccncc3)n2-c2ccc(F)cc2)cc1. The predicted molar refractivity (Wildman–Crippen MR) is 105 cm³/mol. The third-order valence-corrected chi connectivity index (χ3v) is 5.49.